The molecule has 1 rings (SSSR count). The summed E-state index contributed by atoms with van der Waals surface area (Å²) < 4.78 is 4.60. The van der Waals surface area contributed by atoms with Gasteiger partial charge in [0.05, 0.1) is 13.7 Å². The summed E-state index contributed by atoms with van der Waals surface area (Å²) in [6.07, 6.45) is 2.26. The SMILES string of the molecule is COC(=O)CNC1CCN(CC(C)C)CC1. The molecule has 0 saturated carbocycles. The van der Waals surface area contributed by atoms with Crippen LogP contribution in [0.5, 0.6) is 0 Å². The van der Waals surface area contributed by atoms with E-state index in [0.717, 1.165) is 31.8 Å². The molecule has 0 aromatic heterocycles. The van der Waals surface area contributed by atoms with Crippen LogP contribution >= 0.6 is 0 Å². The van der Waals surface area contributed by atoms with Gasteiger partial charge in [0.25, 0.3) is 0 Å². The van der Waals surface area contributed by atoms with E-state index in [9.17, 15) is 4.79 Å². The summed E-state index contributed by atoms with van der Waals surface area (Å²) in [5.74, 6) is 0.559. The molecule has 0 spiro atoms. The first-order chi connectivity index (χ1) is 7.61. The van der Waals surface area contributed by atoms with Crippen LogP contribution in [-0.2, 0) is 9.53 Å². The maximum Gasteiger partial charge on any atom is 0.319 e. The number of nitrogens with one attached hydrogen (secondary N) is 1. The minimum Gasteiger partial charge on any atom is -0.468 e. The second-order valence-corrected chi connectivity index (χ2v) is 4.93. The third-order valence-corrected chi connectivity index (χ3v) is 2.97. The van der Waals surface area contributed by atoms with E-state index < -0.39 is 0 Å². The van der Waals surface area contributed by atoms with Crippen molar-refractivity contribution in [2.45, 2.75) is 32.7 Å². The van der Waals surface area contributed by atoms with Gasteiger partial charge in [-0.25, -0.2) is 0 Å². The molecule has 4 heteroatoms. The van der Waals surface area contributed by atoms with Gasteiger partial charge in [0.2, 0.25) is 0 Å². The Balaban J connectivity index is 2.14. The number of methoxy groups -OCH3 is 1. The Morgan fingerprint density at radius 2 is 2.06 bits per heavy atom. The number of nitrogens with zero attached hydrogens (tertiary/aromatic N) is 1. The van der Waals surface area contributed by atoms with Gasteiger partial charge in [-0.3, -0.25) is 4.79 Å². The Hall–Kier alpha value is -0.610. The van der Waals surface area contributed by atoms with Gasteiger partial charge in [-0.1, -0.05) is 13.8 Å². The lowest BCUT2D eigenvalue weighted by molar-refractivity contribution is -0.139. The van der Waals surface area contributed by atoms with Gasteiger partial charge in [-0.2, -0.15) is 0 Å². The third kappa shape index (κ3) is 4.94. The number of piperidine rings is 1. The van der Waals surface area contributed by atoms with Crippen LogP contribution in [0.3, 0.4) is 0 Å². The molecule has 0 radical (unpaired) electrons. The van der Waals surface area contributed by atoms with Gasteiger partial charge in [-0.05, 0) is 31.8 Å². The molecule has 0 bridgehead atoms. The molecule has 1 aliphatic heterocycles. The number of esters is 1. The van der Waals surface area contributed by atoms with Crippen LogP contribution in [0.1, 0.15) is 26.7 Å². The maximum atomic E-state index is 11.0. The number of hydrogen-bond donors (Lipinski definition) is 1. The van der Waals surface area contributed by atoms with Crippen molar-refractivity contribution in [1.29, 1.82) is 0 Å². The minimum atomic E-state index is -0.176. The number of ether oxygens (including phenoxy) is 1. The smallest absolute Gasteiger partial charge is 0.319 e. The Kier molecular flexibility index (Phi) is 5.77. The molecule has 94 valence electrons. The van der Waals surface area contributed by atoms with E-state index in [2.05, 4.69) is 28.8 Å². The van der Waals surface area contributed by atoms with Crippen LogP contribution < -0.4 is 5.32 Å². The molecule has 4 nitrogen and oxygen atoms in total. The summed E-state index contributed by atoms with van der Waals surface area (Å²) in [6, 6.07) is 0.475. The number of hydrogen-bond acceptors (Lipinski definition) is 4. The molecule has 0 aromatic carbocycles. The summed E-state index contributed by atoms with van der Waals surface area (Å²) in [6.45, 7) is 8.30. The summed E-state index contributed by atoms with van der Waals surface area (Å²) in [4.78, 5) is 13.5. The molecule has 1 aliphatic rings. The standard InChI is InChI=1S/C12H24N2O2/c1-10(2)9-14-6-4-11(5-7-14)13-8-12(15)16-3/h10-11,13H,4-9H2,1-3H3. The van der Waals surface area contributed by atoms with E-state index >= 15 is 0 Å². The van der Waals surface area contributed by atoms with Crippen molar-refractivity contribution in [2.24, 2.45) is 5.92 Å². The summed E-state index contributed by atoms with van der Waals surface area (Å²) >= 11 is 0. The fraction of sp³-hybridized carbons (Fsp3) is 0.917. The van der Waals surface area contributed by atoms with Crippen LogP contribution in [0.25, 0.3) is 0 Å². The summed E-state index contributed by atoms with van der Waals surface area (Å²) in [5.41, 5.74) is 0. The fourth-order valence-corrected chi connectivity index (χ4v) is 2.14. The topological polar surface area (TPSA) is 41.6 Å². The van der Waals surface area contributed by atoms with Crippen molar-refractivity contribution in [3.8, 4) is 0 Å². The second-order valence-electron chi connectivity index (χ2n) is 4.93. The highest BCUT2D eigenvalue weighted by Crippen LogP contribution is 2.11. The normalized spacial score (nSPS) is 19.0. The van der Waals surface area contributed by atoms with E-state index in [1.54, 1.807) is 0 Å². The molecule has 1 fully saturated rings. The minimum absolute atomic E-state index is 0.176. The lowest BCUT2D eigenvalue weighted by Gasteiger charge is -2.33. The van der Waals surface area contributed by atoms with Crippen LogP contribution in [0, 0.1) is 5.92 Å². The highest BCUT2D eigenvalue weighted by molar-refractivity contribution is 5.71. The molecular weight excluding hydrogens is 204 g/mol. The fourth-order valence-electron chi connectivity index (χ4n) is 2.14. The lowest BCUT2D eigenvalue weighted by atomic mass is 10.0. The molecular formula is C12H24N2O2. The van der Waals surface area contributed by atoms with Crippen LogP contribution in [0.15, 0.2) is 0 Å². The van der Waals surface area contributed by atoms with Crippen LogP contribution in [0.4, 0.5) is 0 Å². The van der Waals surface area contributed by atoms with E-state index in [4.69, 9.17) is 0 Å². The van der Waals surface area contributed by atoms with Crippen molar-refractivity contribution in [1.82, 2.24) is 10.2 Å². The molecule has 1 N–H and O–H groups in total. The molecule has 16 heavy (non-hydrogen) atoms. The Bertz CT molecular complexity index is 211. The van der Waals surface area contributed by atoms with E-state index in [-0.39, 0.29) is 5.97 Å². The summed E-state index contributed by atoms with van der Waals surface area (Å²) in [7, 11) is 1.43. The predicted molar refractivity (Wildman–Crippen MR) is 64.3 cm³/mol. The Morgan fingerprint density at radius 3 is 2.56 bits per heavy atom. The van der Waals surface area contributed by atoms with Gasteiger partial charge < -0.3 is 15.0 Å². The van der Waals surface area contributed by atoms with Gasteiger partial charge in [0.1, 0.15) is 0 Å². The van der Waals surface area contributed by atoms with E-state index in [1.165, 1.54) is 13.7 Å². The molecule has 1 heterocycles. The Labute approximate surface area is 98.3 Å². The van der Waals surface area contributed by atoms with Gasteiger partial charge in [0.15, 0.2) is 0 Å². The van der Waals surface area contributed by atoms with Crippen LogP contribution in [-0.4, -0.2) is 50.2 Å². The average molecular weight is 228 g/mol. The molecule has 0 amide bonds. The highest BCUT2D eigenvalue weighted by atomic mass is 16.5. The molecule has 1 saturated heterocycles. The molecule has 0 unspecified atom stereocenters. The number of rotatable bonds is 5. The number of likely N-dealkylation sites (tertiary alicyclic amines) is 1. The van der Waals surface area contributed by atoms with Crippen molar-refractivity contribution >= 4 is 5.97 Å². The molecule has 0 atom stereocenters. The number of carbonyl (C=O) groups is 1. The van der Waals surface area contributed by atoms with Crippen molar-refractivity contribution in [2.75, 3.05) is 33.3 Å². The van der Waals surface area contributed by atoms with Crippen molar-refractivity contribution in [3.05, 3.63) is 0 Å². The largest absolute Gasteiger partial charge is 0.468 e. The summed E-state index contributed by atoms with van der Waals surface area (Å²) in [5, 5.41) is 3.24. The number of carbonyl (C=O) groups excluding carboxylic acids is 1. The molecule has 0 aliphatic carbocycles. The Morgan fingerprint density at radius 1 is 1.44 bits per heavy atom. The first kappa shape index (κ1) is 13.5. The lowest BCUT2D eigenvalue weighted by Crippen LogP contribution is -2.45. The monoisotopic (exact) mass is 228 g/mol. The first-order valence-electron chi connectivity index (χ1n) is 6.14. The predicted octanol–water partition coefficient (Wildman–Crippen LogP) is 0.869. The second kappa shape index (κ2) is 6.86. The first-order valence-corrected chi connectivity index (χ1v) is 6.14. The van der Waals surface area contributed by atoms with Gasteiger partial charge >= 0.3 is 5.97 Å². The van der Waals surface area contributed by atoms with E-state index in [0.29, 0.717) is 12.6 Å². The van der Waals surface area contributed by atoms with E-state index in [1.807, 2.05) is 0 Å². The highest BCUT2D eigenvalue weighted by Gasteiger charge is 2.19. The average Bonchev–Trinajstić information content (AvgIpc) is 2.27. The van der Waals surface area contributed by atoms with Crippen molar-refractivity contribution < 1.29 is 9.53 Å². The van der Waals surface area contributed by atoms with Crippen LogP contribution in [0.2, 0.25) is 0 Å². The zero-order valence-corrected chi connectivity index (χ0v) is 10.7. The van der Waals surface area contributed by atoms with Crippen molar-refractivity contribution in [3.63, 3.8) is 0 Å². The quantitative estimate of drug-likeness (QED) is 0.709. The molecule has 0 aromatic rings. The maximum absolute atomic E-state index is 11.0. The van der Waals surface area contributed by atoms with Gasteiger partial charge in [0, 0.05) is 12.6 Å². The third-order valence-electron chi connectivity index (χ3n) is 2.97. The van der Waals surface area contributed by atoms with Gasteiger partial charge in [-0.15, -0.1) is 0 Å². The zero-order chi connectivity index (χ0) is 12.0. The zero-order valence-electron chi connectivity index (χ0n) is 10.7.